The van der Waals surface area contributed by atoms with Gasteiger partial charge in [-0.15, -0.1) is 0 Å². The molecule has 3 bridgehead atoms. The molecule has 0 amide bonds. The number of benzene rings is 5. The van der Waals surface area contributed by atoms with Crippen LogP contribution in [0.5, 0.6) is 0 Å². The fourth-order valence-electron chi connectivity index (χ4n) is 11.9. The summed E-state index contributed by atoms with van der Waals surface area (Å²) < 4.78 is 2.55. The number of aryl methyl sites for hydroxylation is 1. The number of hydrogen-bond donors (Lipinski definition) is 1. The quantitative estimate of drug-likeness (QED) is 0.208. The zero-order valence-electron chi connectivity index (χ0n) is 25.9. The zero-order valence-corrected chi connectivity index (χ0v) is 25.9. The molecule has 4 aliphatic carbocycles. The fourth-order valence-corrected chi connectivity index (χ4v) is 11.9. The van der Waals surface area contributed by atoms with Crippen molar-refractivity contribution in [3.63, 3.8) is 0 Å². The van der Waals surface area contributed by atoms with E-state index in [9.17, 15) is 0 Å². The van der Waals surface area contributed by atoms with Gasteiger partial charge in [0.2, 0.25) is 6.71 Å². The predicted octanol–water partition coefficient (Wildman–Crippen LogP) is 8.13. The van der Waals surface area contributed by atoms with Crippen LogP contribution in [0, 0.1) is 30.1 Å². The molecule has 5 aliphatic rings. The highest BCUT2D eigenvalue weighted by molar-refractivity contribution is 6.99. The van der Waals surface area contributed by atoms with Gasteiger partial charge in [-0.3, -0.25) is 0 Å². The summed E-state index contributed by atoms with van der Waals surface area (Å²) in [4.78, 5) is 0. The van der Waals surface area contributed by atoms with E-state index >= 15 is 0 Å². The SMILES string of the molecule is Cc1cccc2c1B(c1cc(C34CC5CC6CC(C3)C6(C5)C4)ccc1Nc1ccccc1)c1cccc3c4ccccc4n-2c13. The van der Waals surface area contributed by atoms with Crippen LogP contribution in [-0.4, -0.2) is 11.3 Å². The van der Waals surface area contributed by atoms with E-state index in [1.807, 2.05) is 0 Å². The van der Waals surface area contributed by atoms with Gasteiger partial charge in [0.05, 0.1) is 5.52 Å². The first-order chi connectivity index (χ1) is 22.1. The molecule has 5 aromatic carbocycles. The normalized spacial score (nSPS) is 28.4. The molecule has 2 heterocycles. The molecule has 0 saturated heterocycles. The third-order valence-electron chi connectivity index (χ3n) is 13.4. The topological polar surface area (TPSA) is 17.0 Å². The second kappa shape index (κ2) is 8.52. The number of hydrogen-bond acceptors (Lipinski definition) is 1. The van der Waals surface area contributed by atoms with Gasteiger partial charge < -0.3 is 9.88 Å². The van der Waals surface area contributed by atoms with Gasteiger partial charge in [-0.25, -0.2) is 0 Å². The van der Waals surface area contributed by atoms with Crippen molar-refractivity contribution in [2.45, 2.75) is 50.9 Å². The van der Waals surface area contributed by atoms with Gasteiger partial charge in [0.25, 0.3) is 0 Å². The molecular formula is C42H37BN2. The predicted molar refractivity (Wildman–Crippen MR) is 189 cm³/mol. The van der Waals surface area contributed by atoms with E-state index in [4.69, 9.17) is 0 Å². The van der Waals surface area contributed by atoms with Crippen molar-refractivity contribution in [1.29, 1.82) is 0 Å². The van der Waals surface area contributed by atoms with Crippen molar-refractivity contribution in [2.24, 2.45) is 23.2 Å². The number of fused-ring (bicyclic) bond motifs is 7. The second-order valence-electron chi connectivity index (χ2n) is 15.4. The summed E-state index contributed by atoms with van der Waals surface area (Å²) in [6.45, 7) is 2.47. The van der Waals surface area contributed by atoms with Crippen LogP contribution in [-0.2, 0) is 5.41 Å². The lowest BCUT2D eigenvalue weighted by Crippen LogP contribution is -2.57. The number of anilines is 2. The van der Waals surface area contributed by atoms with Crippen molar-refractivity contribution in [1.82, 2.24) is 4.57 Å². The monoisotopic (exact) mass is 580 g/mol. The second-order valence-corrected chi connectivity index (χ2v) is 15.4. The first kappa shape index (κ1) is 25.0. The van der Waals surface area contributed by atoms with Crippen LogP contribution in [0.1, 0.15) is 49.7 Å². The Morgan fingerprint density at radius 3 is 2.51 bits per heavy atom. The third-order valence-corrected chi connectivity index (χ3v) is 13.4. The zero-order chi connectivity index (χ0) is 29.5. The highest BCUT2D eigenvalue weighted by atomic mass is 15.0. The molecule has 5 atom stereocenters. The van der Waals surface area contributed by atoms with Crippen LogP contribution in [0.15, 0.2) is 109 Å². The Morgan fingerprint density at radius 2 is 1.58 bits per heavy atom. The molecule has 218 valence electrons. The molecule has 1 N–H and O–H groups in total. The molecule has 4 fully saturated rings. The molecule has 4 saturated carbocycles. The van der Waals surface area contributed by atoms with Gasteiger partial charge in [0.1, 0.15) is 0 Å². The Balaban J connectivity index is 1.19. The molecule has 3 heteroatoms. The minimum Gasteiger partial charge on any atom is -0.356 e. The lowest BCUT2D eigenvalue weighted by molar-refractivity contribution is -0.000159. The summed E-state index contributed by atoms with van der Waals surface area (Å²) in [7, 11) is 0. The molecule has 1 aromatic heterocycles. The molecule has 11 rings (SSSR count). The van der Waals surface area contributed by atoms with Crippen molar-refractivity contribution >= 4 is 56.3 Å². The summed E-state index contributed by atoms with van der Waals surface area (Å²) in [5.41, 5.74) is 14.7. The first-order valence-corrected chi connectivity index (χ1v) is 17.2. The Morgan fingerprint density at radius 1 is 0.733 bits per heavy atom. The molecule has 45 heavy (non-hydrogen) atoms. The number of nitrogens with zero attached hydrogens (tertiary/aromatic N) is 1. The molecule has 1 aliphatic heterocycles. The first-order valence-electron chi connectivity index (χ1n) is 17.2. The average Bonchev–Trinajstić information content (AvgIpc) is 3.58. The van der Waals surface area contributed by atoms with Gasteiger partial charge in [-0.05, 0) is 126 Å². The Labute approximate surface area is 265 Å². The number of rotatable bonds is 4. The maximum Gasteiger partial charge on any atom is 0.249 e. The van der Waals surface area contributed by atoms with Crippen molar-refractivity contribution in [3.8, 4) is 5.69 Å². The minimum atomic E-state index is 0.147. The molecule has 5 unspecified atom stereocenters. The van der Waals surface area contributed by atoms with E-state index in [-0.39, 0.29) is 6.71 Å². The molecule has 0 radical (unpaired) electrons. The maximum atomic E-state index is 3.91. The van der Waals surface area contributed by atoms with E-state index in [0.717, 1.165) is 23.4 Å². The minimum absolute atomic E-state index is 0.147. The molecule has 2 nitrogen and oxygen atoms in total. The maximum absolute atomic E-state index is 3.91. The molecular weight excluding hydrogens is 543 g/mol. The number of aromatic nitrogens is 1. The van der Waals surface area contributed by atoms with Gasteiger partial charge in [0, 0.05) is 33.4 Å². The van der Waals surface area contributed by atoms with Gasteiger partial charge >= 0.3 is 0 Å². The number of nitrogens with one attached hydrogen (secondary N) is 1. The van der Waals surface area contributed by atoms with E-state index in [1.54, 1.807) is 5.56 Å². The van der Waals surface area contributed by atoms with Crippen molar-refractivity contribution < 1.29 is 0 Å². The van der Waals surface area contributed by atoms with E-state index in [2.05, 4.69) is 126 Å². The Bertz CT molecular complexity index is 2210. The van der Waals surface area contributed by atoms with Crippen LogP contribution in [0.25, 0.3) is 27.5 Å². The molecule has 6 aromatic rings. The molecule has 1 spiro atoms. The smallest absolute Gasteiger partial charge is 0.249 e. The van der Waals surface area contributed by atoms with E-state index < -0.39 is 0 Å². The standard InChI is InChI=1S/C42H37BN2/c1-26-9-7-16-38-39(26)43(34-14-8-13-33-32-12-5-6-15-37(32)45(38)40(33)34)35-21-28(17-18-36(35)44-31-10-3-2-4-11-31)41-22-27-19-29-20-30(24-41)42(29,23-27)25-41/h2-18,21,27,29-30,44H,19-20,22-25H2,1H3. The van der Waals surface area contributed by atoms with Gasteiger partial charge in [0.15, 0.2) is 0 Å². The average molecular weight is 581 g/mol. The van der Waals surface area contributed by atoms with Crippen LogP contribution in [0.2, 0.25) is 0 Å². The lowest BCUT2D eigenvalue weighted by Gasteiger charge is -2.49. The van der Waals surface area contributed by atoms with E-state index in [1.165, 1.54) is 93.7 Å². The fraction of sp³-hybridized carbons (Fsp3) is 0.286. The summed E-state index contributed by atoms with van der Waals surface area (Å²) in [5.74, 6) is 2.91. The van der Waals surface area contributed by atoms with Crippen LogP contribution in [0.3, 0.4) is 0 Å². The Kier molecular flexibility index (Phi) is 4.73. The Hall–Kier alpha value is -4.24. The highest BCUT2D eigenvalue weighted by Crippen LogP contribution is 2.78. The summed E-state index contributed by atoms with van der Waals surface area (Å²) in [6.07, 6.45) is 8.76. The van der Waals surface area contributed by atoms with E-state index in [0.29, 0.717) is 10.8 Å². The highest BCUT2D eigenvalue weighted by Gasteiger charge is 2.71. The summed E-state index contributed by atoms with van der Waals surface area (Å²) >= 11 is 0. The van der Waals surface area contributed by atoms with Gasteiger partial charge in [-0.2, -0.15) is 0 Å². The van der Waals surface area contributed by atoms with Crippen molar-refractivity contribution in [2.75, 3.05) is 5.32 Å². The van der Waals surface area contributed by atoms with Gasteiger partial charge in [-0.1, -0.05) is 84.4 Å². The third kappa shape index (κ3) is 3.12. The van der Waals surface area contributed by atoms with Crippen LogP contribution >= 0.6 is 0 Å². The summed E-state index contributed by atoms with van der Waals surface area (Å²) in [6, 6.07) is 41.4. The largest absolute Gasteiger partial charge is 0.356 e. The van der Waals surface area contributed by atoms with Crippen LogP contribution in [0.4, 0.5) is 11.4 Å². The lowest BCUT2D eigenvalue weighted by atomic mass is 9.34. The number of para-hydroxylation sites is 3. The summed E-state index contributed by atoms with van der Waals surface area (Å²) in [5, 5.41) is 6.61. The van der Waals surface area contributed by atoms with Crippen LogP contribution < -0.4 is 21.7 Å². The van der Waals surface area contributed by atoms with Crippen molar-refractivity contribution in [3.05, 3.63) is 120 Å².